The first-order valence-corrected chi connectivity index (χ1v) is 16.8. The highest BCUT2D eigenvalue weighted by Crippen LogP contribution is 2.34. The zero-order valence-corrected chi connectivity index (χ0v) is 25.2. The molecule has 2 aromatic rings. The Morgan fingerprint density at radius 2 is 1.65 bits per heavy atom. The Morgan fingerprint density at radius 3 is 2.33 bits per heavy atom. The summed E-state index contributed by atoms with van der Waals surface area (Å²) in [7, 11) is 0. The van der Waals surface area contributed by atoms with E-state index >= 15 is 0 Å². The van der Waals surface area contributed by atoms with Gasteiger partial charge in [-0.3, -0.25) is 4.79 Å². The first kappa shape index (κ1) is 30.6. The van der Waals surface area contributed by atoms with Crippen molar-refractivity contribution in [1.29, 1.82) is 0 Å². The number of carboxylic acid groups (broad SMARTS) is 1. The molecule has 2 fully saturated rings. The van der Waals surface area contributed by atoms with Crippen molar-refractivity contribution in [3.05, 3.63) is 59.2 Å². The molecule has 0 heterocycles. The lowest BCUT2D eigenvalue weighted by atomic mass is 9.77. The van der Waals surface area contributed by atoms with Gasteiger partial charge in [0.2, 0.25) is 0 Å². The van der Waals surface area contributed by atoms with Crippen LogP contribution in [0.4, 0.5) is 0 Å². The molecule has 2 saturated carbocycles. The van der Waals surface area contributed by atoms with E-state index in [1.807, 2.05) is 30.5 Å². The van der Waals surface area contributed by atoms with Crippen molar-refractivity contribution in [2.75, 3.05) is 12.0 Å². The molecule has 218 valence electrons. The quantitative estimate of drug-likeness (QED) is 0.233. The average Bonchev–Trinajstić information content (AvgIpc) is 2.98. The van der Waals surface area contributed by atoms with Crippen LogP contribution in [0.15, 0.2) is 42.5 Å². The molecular weight excluding hydrogens is 516 g/mol. The Morgan fingerprint density at radius 1 is 0.950 bits per heavy atom. The van der Waals surface area contributed by atoms with Crippen LogP contribution in [0, 0.1) is 18.8 Å². The van der Waals surface area contributed by atoms with E-state index < -0.39 is 12.0 Å². The van der Waals surface area contributed by atoms with Crippen molar-refractivity contribution in [2.24, 2.45) is 11.8 Å². The summed E-state index contributed by atoms with van der Waals surface area (Å²) in [5.41, 5.74) is 4.66. The fraction of sp³-hybridized carbons (Fsp3) is 0.588. The van der Waals surface area contributed by atoms with E-state index in [1.165, 1.54) is 70.6 Å². The number of aryl methyl sites for hydroxylation is 1. The number of carboxylic acids is 1. The maximum Gasteiger partial charge on any atom is 0.326 e. The Hall–Kier alpha value is -2.31. The largest absolute Gasteiger partial charge is 0.480 e. The van der Waals surface area contributed by atoms with E-state index in [0.717, 1.165) is 40.6 Å². The molecule has 2 unspecified atom stereocenters. The van der Waals surface area contributed by atoms with Gasteiger partial charge in [0.25, 0.3) is 5.91 Å². The topological polar surface area (TPSA) is 78.4 Å². The molecule has 0 aromatic heterocycles. The minimum absolute atomic E-state index is 0.330. The van der Waals surface area contributed by atoms with Crippen LogP contribution in [0.1, 0.15) is 98.5 Å². The maximum absolute atomic E-state index is 13.4. The summed E-state index contributed by atoms with van der Waals surface area (Å²) in [4.78, 5) is 25.3. The van der Waals surface area contributed by atoms with Gasteiger partial charge in [0.15, 0.2) is 0 Å². The van der Waals surface area contributed by atoms with Crippen LogP contribution in [0.3, 0.4) is 0 Å². The van der Waals surface area contributed by atoms with Crippen LogP contribution in [-0.4, -0.2) is 41.1 Å². The first-order chi connectivity index (χ1) is 19.5. The molecule has 2 aliphatic carbocycles. The monoisotopic (exact) mass is 564 g/mol. The molecule has 0 saturated heterocycles. The third kappa shape index (κ3) is 8.59. The number of aliphatic carboxylic acids is 1. The molecule has 2 aromatic carbocycles. The van der Waals surface area contributed by atoms with Crippen LogP contribution in [-0.2, 0) is 11.3 Å². The predicted octanol–water partition coefficient (Wildman–Crippen LogP) is 7.61. The second kappa shape index (κ2) is 15.6. The number of carbonyl (C=O) groups excluding carboxylic acids is 1. The second-order valence-electron chi connectivity index (χ2n) is 12.0. The standard InChI is InChI=1S/C34H48N2O3S/c1-24-11-9-10-16-28(24)30-21-26(17-18-29(30)33(37)36-31(34(38)39)19-20-40-2)23-35-32(27-14-7-4-8-15-27)22-25-12-5-3-6-13-25/h9-11,16-18,21,25,27,31-32,35H,3-8,12-15,19-20,22-23H2,1-2H3,(H,36,37)(H,38,39). The summed E-state index contributed by atoms with van der Waals surface area (Å²) >= 11 is 1.58. The Kier molecular flexibility index (Phi) is 12.0. The van der Waals surface area contributed by atoms with Gasteiger partial charge < -0.3 is 15.7 Å². The second-order valence-corrected chi connectivity index (χ2v) is 13.0. The molecular formula is C34H48N2O3S. The molecule has 0 bridgehead atoms. The van der Waals surface area contributed by atoms with E-state index in [-0.39, 0.29) is 5.91 Å². The lowest BCUT2D eigenvalue weighted by Crippen LogP contribution is -2.41. The lowest BCUT2D eigenvalue weighted by molar-refractivity contribution is -0.139. The summed E-state index contributed by atoms with van der Waals surface area (Å²) in [6.07, 6.45) is 17.3. The number of amides is 1. The predicted molar refractivity (Wildman–Crippen MR) is 167 cm³/mol. The van der Waals surface area contributed by atoms with Crippen LogP contribution in [0.5, 0.6) is 0 Å². The normalized spacial score (nSPS) is 18.2. The van der Waals surface area contributed by atoms with Crippen molar-refractivity contribution in [1.82, 2.24) is 10.6 Å². The molecule has 3 N–H and O–H groups in total. The molecule has 1 amide bonds. The van der Waals surface area contributed by atoms with Crippen molar-refractivity contribution >= 4 is 23.6 Å². The molecule has 4 rings (SSSR count). The van der Waals surface area contributed by atoms with Crippen molar-refractivity contribution < 1.29 is 14.7 Å². The molecule has 40 heavy (non-hydrogen) atoms. The van der Waals surface area contributed by atoms with Gasteiger partial charge in [-0.15, -0.1) is 0 Å². The molecule has 0 radical (unpaired) electrons. The van der Waals surface area contributed by atoms with Gasteiger partial charge in [0.05, 0.1) is 0 Å². The summed E-state index contributed by atoms with van der Waals surface area (Å²) in [6, 6.07) is 13.8. The van der Waals surface area contributed by atoms with Crippen molar-refractivity contribution in [3.8, 4) is 11.1 Å². The number of benzene rings is 2. The zero-order chi connectivity index (χ0) is 28.3. The maximum atomic E-state index is 13.4. The first-order valence-electron chi connectivity index (χ1n) is 15.4. The van der Waals surface area contributed by atoms with Gasteiger partial charge in [-0.2, -0.15) is 11.8 Å². The van der Waals surface area contributed by atoms with Crippen LogP contribution >= 0.6 is 11.8 Å². The van der Waals surface area contributed by atoms with Gasteiger partial charge in [-0.05, 0) is 90.8 Å². The zero-order valence-electron chi connectivity index (χ0n) is 24.4. The van der Waals surface area contributed by atoms with Crippen molar-refractivity contribution in [2.45, 2.75) is 103 Å². The fourth-order valence-electron chi connectivity index (χ4n) is 6.74. The Bertz CT molecular complexity index is 1110. The lowest BCUT2D eigenvalue weighted by Gasteiger charge is -2.35. The SMILES string of the molecule is CSCCC(NC(=O)c1ccc(CNC(CC2CCCCC2)C2CCCCC2)cc1-c1ccccc1C)C(=O)O. The van der Waals surface area contributed by atoms with E-state index in [9.17, 15) is 14.7 Å². The number of thioether (sulfide) groups is 1. The highest BCUT2D eigenvalue weighted by Gasteiger charge is 2.27. The Balaban J connectivity index is 1.56. The molecule has 2 aliphatic rings. The molecule has 6 heteroatoms. The molecule has 5 nitrogen and oxygen atoms in total. The van der Waals surface area contributed by atoms with E-state index in [4.69, 9.17) is 0 Å². The summed E-state index contributed by atoms with van der Waals surface area (Å²) in [5, 5.41) is 16.5. The molecule has 0 spiro atoms. The van der Waals surface area contributed by atoms with E-state index in [2.05, 4.69) is 35.8 Å². The number of hydrogen-bond donors (Lipinski definition) is 3. The van der Waals surface area contributed by atoms with Gasteiger partial charge >= 0.3 is 5.97 Å². The Labute approximate surface area is 245 Å². The highest BCUT2D eigenvalue weighted by molar-refractivity contribution is 7.98. The summed E-state index contributed by atoms with van der Waals surface area (Å²) in [6.45, 7) is 2.84. The van der Waals surface area contributed by atoms with E-state index in [1.54, 1.807) is 11.8 Å². The van der Waals surface area contributed by atoms with Crippen LogP contribution < -0.4 is 10.6 Å². The van der Waals surface area contributed by atoms with Crippen LogP contribution in [0.25, 0.3) is 11.1 Å². The molecule has 0 aliphatic heterocycles. The third-order valence-corrected chi connectivity index (χ3v) is 9.72. The third-order valence-electron chi connectivity index (χ3n) is 9.08. The molecule has 2 atom stereocenters. The van der Waals surface area contributed by atoms with Gasteiger partial charge in [-0.25, -0.2) is 4.79 Å². The van der Waals surface area contributed by atoms with Crippen molar-refractivity contribution in [3.63, 3.8) is 0 Å². The number of rotatable bonds is 13. The summed E-state index contributed by atoms with van der Waals surface area (Å²) in [5.74, 6) is 0.951. The van der Waals surface area contributed by atoms with Crippen LogP contribution in [0.2, 0.25) is 0 Å². The van der Waals surface area contributed by atoms with Gasteiger partial charge in [0, 0.05) is 18.2 Å². The van der Waals surface area contributed by atoms with Gasteiger partial charge in [0.1, 0.15) is 6.04 Å². The minimum Gasteiger partial charge on any atom is -0.480 e. The van der Waals surface area contributed by atoms with E-state index in [0.29, 0.717) is 23.8 Å². The minimum atomic E-state index is -0.993. The number of hydrogen-bond acceptors (Lipinski definition) is 4. The average molecular weight is 565 g/mol. The summed E-state index contributed by atoms with van der Waals surface area (Å²) < 4.78 is 0. The van der Waals surface area contributed by atoms with Gasteiger partial charge in [-0.1, -0.05) is 81.7 Å². The highest BCUT2D eigenvalue weighted by atomic mass is 32.2. The number of nitrogens with one attached hydrogen (secondary N) is 2. The number of carbonyl (C=O) groups is 2. The smallest absolute Gasteiger partial charge is 0.326 e. The fourth-order valence-corrected chi connectivity index (χ4v) is 7.21.